The Morgan fingerprint density at radius 1 is 1.00 bits per heavy atom. The van der Waals surface area contributed by atoms with E-state index in [1.54, 1.807) is 19.2 Å². The monoisotopic (exact) mass is 521 g/mol. The van der Waals surface area contributed by atoms with Crippen molar-refractivity contribution in [3.63, 3.8) is 0 Å². The maximum Gasteiger partial charge on any atom is 0.242 e. The van der Waals surface area contributed by atoms with E-state index in [9.17, 15) is 9.90 Å². The summed E-state index contributed by atoms with van der Waals surface area (Å²) in [5.74, 6) is 1.63. The van der Waals surface area contributed by atoms with Gasteiger partial charge in [0.1, 0.15) is 23.3 Å². The molecule has 37 heavy (non-hydrogen) atoms. The molecular formula is C29H32ClN3O4. The van der Waals surface area contributed by atoms with Crippen LogP contribution in [-0.2, 0) is 11.2 Å². The van der Waals surface area contributed by atoms with Crippen molar-refractivity contribution in [3.05, 3.63) is 87.9 Å². The van der Waals surface area contributed by atoms with Gasteiger partial charge in [-0.15, -0.1) is 0 Å². The summed E-state index contributed by atoms with van der Waals surface area (Å²) in [4.78, 5) is 15.7. The molecule has 3 aromatic carbocycles. The number of methoxy groups -OCH3 is 1. The highest BCUT2D eigenvalue weighted by Crippen LogP contribution is 2.49. The van der Waals surface area contributed by atoms with E-state index in [4.69, 9.17) is 21.1 Å². The molecule has 5 rings (SSSR count). The van der Waals surface area contributed by atoms with Crippen molar-refractivity contribution in [3.8, 4) is 17.2 Å². The second-order valence-electron chi connectivity index (χ2n) is 9.56. The van der Waals surface area contributed by atoms with Crippen LogP contribution >= 0.6 is 11.6 Å². The summed E-state index contributed by atoms with van der Waals surface area (Å²) in [6.45, 7) is 4.96. The van der Waals surface area contributed by atoms with Crippen LogP contribution in [0.1, 0.15) is 41.3 Å². The number of nitrogens with zero attached hydrogens (tertiary/aromatic N) is 1. The summed E-state index contributed by atoms with van der Waals surface area (Å²) in [6, 6.07) is 18.4. The standard InChI is InChI=1S/C29H32ClN3O4/c1-4-37-21-11-7-19(8-12-21)28-25-26(22-16-23(30)17(2)15-24(22)34)31-32-27(25)29(35)33(28)14-13-18-5-9-20(36-3)10-6-18/h5-12,15-16,25-28,31-32,34H,4,13-14H2,1-3H3. The number of hydrogen-bond donors (Lipinski definition) is 3. The van der Waals surface area contributed by atoms with Gasteiger partial charge in [-0.1, -0.05) is 35.9 Å². The van der Waals surface area contributed by atoms with Crippen LogP contribution in [0.4, 0.5) is 0 Å². The molecule has 2 aliphatic rings. The van der Waals surface area contributed by atoms with Crippen molar-refractivity contribution in [2.75, 3.05) is 20.3 Å². The molecule has 1 amide bonds. The first-order valence-electron chi connectivity index (χ1n) is 12.6. The number of rotatable bonds is 8. The molecule has 194 valence electrons. The number of hydrogen-bond acceptors (Lipinski definition) is 6. The van der Waals surface area contributed by atoms with E-state index < -0.39 is 6.04 Å². The number of phenolic OH excluding ortho intramolecular Hbond substituents is 1. The minimum Gasteiger partial charge on any atom is -0.508 e. The molecule has 2 fully saturated rings. The first-order chi connectivity index (χ1) is 17.9. The van der Waals surface area contributed by atoms with E-state index in [0.717, 1.165) is 28.2 Å². The van der Waals surface area contributed by atoms with E-state index in [-0.39, 0.29) is 29.7 Å². The predicted molar refractivity (Wildman–Crippen MR) is 143 cm³/mol. The summed E-state index contributed by atoms with van der Waals surface area (Å²) in [7, 11) is 1.65. The first kappa shape index (κ1) is 25.4. The number of amides is 1. The van der Waals surface area contributed by atoms with Crippen LogP contribution in [0, 0.1) is 12.8 Å². The Bertz CT molecular complexity index is 1270. The fourth-order valence-electron chi connectivity index (χ4n) is 5.52. The Kier molecular flexibility index (Phi) is 7.29. The molecule has 2 aliphatic heterocycles. The van der Waals surface area contributed by atoms with Crippen LogP contribution in [0.2, 0.25) is 5.02 Å². The molecule has 0 spiro atoms. The summed E-state index contributed by atoms with van der Waals surface area (Å²) >= 11 is 6.44. The van der Waals surface area contributed by atoms with E-state index in [1.807, 2.05) is 67.3 Å². The molecule has 0 aromatic heterocycles. The Balaban J connectivity index is 1.49. The normalized spacial score (nSPS) is 22.8. The quantitative estimate of drug-likeness (QED) is 0.398. The molecule has 3 aromatic rings. The third-order valence-corrected chi connectivity index (χ3v) is 7.80. The molecule has 4 unspecified atom stereocenters. The number of carbonyl (C=O) groups excluding carboxylic acids is 1. The maximum absolute atomic E-state index is 13.7. The summed E-state index contributed by atoms with van der Waals surface area (Å²) in [5, 5.41) is 11.4. The van der Waals surface area contributed by atoms with Crippen molar-refractivity contribution in [1.82, 2.24) is 15.8 Å². The zero-order valence-electron chi connectivity index (χ0n) is 21.2. The lowest BCUT2D eigenvalue weighted by molar-refractivity contribution is -0.130. The summed E-state index contributed by atoms with van der Waals surface area (Å²) in [6.07, 6.45) is 0.711. The number of likely N-dealkylation sites (tertiary alicyclic amines) is 1. The first-order valence-corrected chi connectivity index (χ1v) is 12.9. The van der Waals surface area contributed by atoms with Gasteiger partial charge in [-0.2, -0.15) is 0 Å². The lowest BCUT2D eigenvalue weighted by Crippen LogP contribution is -2.42. The highest BCUT2D eigenvalue weighted by Gasteiger charge is 2.55. The van der Waals surface area contributed by atoms with E-state index in [1.165, 1.54) is 0 Å². The average molecular weight is 522 g/mol. The van der Waals surface area contributed by atoms with Crippen LogP contribution in [0.15, 0.2) is 60.7 Å². The Morgan fingerprint density at radius 3 is 2.35 bits per heavy atom. The zero-order chi connectivity index (χ0) is 26.1. The number of ether oxygens (including phenoxy) is 2. The minimum absolute atomic E-state index is 0.0325. The number of benzene rings is 3. The van der Waals surface area contributed by atoms with Gasteiger partial charge in [0.15, 0.2) is 0 Å². The van der Waals surface area contributed by atoms with Gasteiger partial charge in [0, 0.05) is 23.0 Å². The van der Waals surface area contributed by atoms with Crippen LogP contribution in [0.25, 0.3) is 0 Å². The van der Waals surface area contributed by atoms with Gasteiger partial charge in [0.25, 0.3) is 0 Å². The molecule has 0 bridgehead atoms. The van der Waals surface area contributed by atoms with Crippen molar-refractivity contribution >= 4 is 17.5 Å². The SMILES string of the molecule is CCOc1ccc(C2C3C(NNC3c3cc(Cl)c(C)cc3O)C(=O)N2CCc2ccc(OC)cc2)cc1. The number of aromatic hydroxyl groups is 1. The largest absolute Gasteiger partial charge is 0.508 e. The topological polar surface area (TPSA) is 83.1 Å². The molecular weight excluding hydrogens is 490 g/mol. The smallest absolute Gasteiger partial charge is 0.242 e. The third kappa shape index (κ3) is 4.87. The van der Waals surface area contributed by atoms with Crippen molar-refractivity contribution in [2.24, 2.45) is 5.92 Å². The van der Waals surface area contributed by atoms with E-state index in [2.05, 4.69) is 10.9 Å². The van der Waals surface area contributed by atoms with Crippen LogP contribution in [0.3, 0.4) is 0 Å². The van der Waals surface area contributed by atoms with Gasteiger partial charge >= 0.3 is 0 Å². The molecule has 2 heterocycles. The van der Waals surface area contributed by atoms with Gasteiger partial charge in [-0.3, -0.25) is 4.79 Å². The fraction of sp³-hybridized carbons (Fsp3) is 0.345. The lowest BCUT2D eigenvalue weighted by Gasteiger charge is -2.32. The second kappa shape index (κ2) is 10.6. The highest BCUT2D eigenvalue weighted by molar-refractivity contribution is 6.31. The molecule has 0 saturated carbocycles. The Hall–Kier alpha value is -3.26. The Morgan fingerprint density at radius 2 is 1.68 bits per heavy atom. The second-order valence-corrected chi connectivity index (χ2v) is 9.97. The van der Waals surface area contributed by atoms with Gasteiger partial charge in [0.05, 0.1) is 25.8 Å². The van der Waals surface area contributed by atoms with Gasteiger partial charge in [-0.25, -0.2) is 10.9 Å². The number of carbonyl (C=O) groups is 1. The molecule has 0 aliphatic carbocycles. The molecule has 2 saturated heterocycles. The molecule has 0 radical (unpaired) electrons. The number of aryl methyl sites for hydroxylation is 1. The van der Waals surface area contributed by atoms with Crippen LogP contribution in [-0.4, -0.2) is 42.2 Å². The summed E-state index contributed by atoms with van der Waals surface area (Å²) < 4.78 is 10.9. The lowest BCUT2D eigenvalue weighted by atomic mass is 9.83. The highest BCUT2D eigenvalue weighted by atomic mass is 35.5. The molecule has 7 nitrogen and oxygen atoms in total. The average Bonchev–Trinajstić information content (AvgIpc) is 3.44. The number of fused-ring (bicyclic) bond motifs is 1. The number of nitrogens with one attached hydrogen (secondary N) is 2. The molecule has 8 heteroatoms. The van der Waals surface area contributed by atoms with Crippen LogP contribution < -0.4 is 20.3 Å². The van der Waals surface area contributed by atoms with Crippen molar-refractivity contribution in [2.45, 2.75) is 38.4 Å². The maximum atomic E-state index is 13.7. The van der Waals surface area contributed by atoms with Gasteiger partial charge in [-0.05, 0) is 73.4 Å². The third-order valence-electron chi connectivity index (χ3n) is 7.39. The molecule has 4 atom stereocenters. The summed E-state index contributed by atoms with van der Waals surface area (Å²) in [5.41, 5.74) is 10.1. The van der Waals surface area contributed by atoms with E-state index >= 15 is 0 Å². The van der Waals surface area contributed by atoms with Crippen molar-refractivity contribution < 1.29 is 19.4 Å². The number of halogens is 1. The predicted octanol–water partition coefficient (Wildman–Crippen LogP) is 4.72. The minimum atomic E-state index is -0.433. The van der Waals surface area contributed by atoms with E-state index in [0.29, 0.717) is 30.2 Å². The number of hydrazine groups is 1. The fourth-order valence-corrected chi connectivity index (χ4v) is 5.69. The Labute approximate surface area is 222 Å². The van der Waals surface area contributed by atoms with Gasteiger partial charge < -0.3 is 19.5 Å². The van der Waals surface area contributed by atoms with Crippen molar-refractivity contribution in [1.29, 1.82) is 0 Å². The van der Waals surface area contributed by atoms with Gasteiger partial charge in [0.2, 0.25) is 5.91 Å². The molecule has 3 N–H and O–H groups in total. The zero-order valence-corrected chi connectivity index (χ0v) is 22.0. The number of phenols is 1. The van der Waals surface area contributed by atoms with Crippen LogP contribution in [0.5, 0.6) is 17.2 Å².